The van der Waals surface area contributed by atoms with E-state index in [9.17, 15) is 4.79 Å². The number of hydrazine groups is 1. The van der Waals surface area contributed by atoms with Crippen LogP contribution in [0, 0.1) is 0 Å². The summed E-state index contributed by atoms with van der Waals surface area (Å²) in [7, 11) is 3.38. The number of methoxy groups -OCH3 is 1. The number of benzene rings is 1. The lowest BCUT2D eigenvalue weighted by atomic mass is 10.0. The molecule has 122 valence electrons. The van der Waals surface area contributed by atoms with Gasteiger partial charge in [0.25, 0.3) is 5.91 Å². The molecule has 1 aromatic rings. The van der Waals surface area contributed by atoms with Crippen molar-refractivity contribution in [1.82, 2.24) is 15.8 Å². The van der Waals surface area contributed by atoms with Crippen LogP contribution in [0.15, 0.2) is 24.3 Å². The van der Waals surface area contributed by atoms with E-state index in [1.165, 1.54) is 10.6 Å². The molecule has 0 aliphatic heterocycles. The highest BCUT2D eigenvalue weighted by molar-refractivity contribution is 7.80. The highest BCUT2D eigenvalue weighted by Gasteiger charge is 2.10. The van der Waals surface area contributed by atoms with Gasteiger partial charge in [-0.25, -0.2) is 0 Å². The molecular formula is C16H25N3O2S. The molecule has 0 radical (unpaired) electrons. The summed E-state index contributed by atoms with van der Waals surface area (Å²) in [6.07, 6.45) is 0.856. The molecule has 0 saturated heterocycles. The van der Waals surface area contributed by atoms with Crippen LogP contribution in [0.3, 0.4) is 0 Å². The standard InChI is InChI=1S/C16H25N3O2S/c1-12(2)13-6-8-14(9-7-13)15(20)18-19(3)16(22)17-10-5-11-21-4/h6-9,12H,5,10-11H2,1-4H3,(H,17,22)(H,18,20). The molecule has 0 unspecified atom stereocenters. The van der Waals surface area contributed by atoms with Crippen molar-refractivity contribution >= 4 is 23.2 Å². The van der Waals surface area contributed by atoms with Crippen LogP contribution in [-0.4, -0.2) is 43.3 Å². The molecule has 22 heavy (non-hydrogen) atoms. The van der Waals surface area contributed by atoms with Crippen molar-refractivity contribution in [3.8, 4) is 0 Å². The molecule has 0 bridgehead atoms. The fraction of sp³-hybridized carbons (Fsp3) is 0.500. The Kier molecular flexibility index (Phi) is 7.84. The fourth-order valence-electron chi connectivity index (χ4n) is 1.82. The van der Waals surface area contributed by atoms with Crippen molar-refractivity contribution in [3.05, 3.63) is 35.4 Å². The van der Waals surface area contributed by atoms with Crippen LogP contribution in [0.1, 0.15) is 42.1 Å². The van der Waals surface area contributed by atoms with Gasteiger partial charge in [-0.15, -0.1) is 0 Å². The minimum absolute atomic E-state index is 0.182. The first-order chi connectivity index (χ1) is 10.5. The Morgan fingerprint density at radius 3 is 2.50 bits per heavy atom. The molecule has 0 aromatic heterocycles. The minimum atomic E-state index is -0.182. The van der Waals surface area contributed by atoms with E-state index in [4.69, 9.17) is 17.0 Å². The molecule has 1 aromatic carbocycles. The topological polar surface area (TPSA) is 53.6 Å². The number of rotatable bonds is 6. The van der Waals surface area contributed by atoms with Crippen LogP contribution in [0.4, 0.5) is 0 Å². The lowest BCUT2D eigenvalue weighted by Crippen LogP contribution is -2.48. The molecule has 0 aliphatic rings. The average molecular weight is 323 g/mol. The lowest BCUT2D eigenvalue weighted by molar-refractivity contribution is 0.0886. The summed E-state index contributed by atoms with van der Waals surface area (Å²) >= 11 is 5.21. The van der Waals surface area contributed by atoms with Crippen LogP contribution < -0.4 is 10.7 Å². The van der Waals surface area contributed by atoms with Crippen molar-refractivity contribution in [3.63, 3.8) is 0 Å². The van der Waals surface area contributed by atoms with Crippen LogP contribution in [0.25, 0.3) is 0 Å². The van der Waals surface area contributed by atoms with Crippen molar-refractivity contribution in [1.29, 1.82) is 0 Å². The van der Waals surface area contributed by atoms with E-state index in [2.05, 4.69) is 24.6 Å². The Balaban J connectivity index is 2.47. The highest BCUT2D eigenvalue weighted by atomic mass is 32.1. The second-order valence-electron chi connectivity index (χ2n) is 5.35. The van der Waals surface area contributed by atoms with Crippen LogP contribution in [0.5, 0.6) is 0 Å². The smallest absolute Gasteiger partial charge is 0.269 e. The van der Waals surface area contributed by atoms with Gasteiger partial charge in [-0.05, 0) is 42.3 Å². The van der Waals surface area contributed by atoms with E-state index in [1.807, 2.05) is 24.3 Å². The van der Waals surface area contributed by atoms with Gasteiger partial charge in [0.05, 0.1) is 0 Å². The van der Waals surface area contributed by atoms with Gasteiger partial charge in [0.1, 0.15) is 0 Å². The fourth-order valence-corrected chi connectivity index (χ4v) is 1.97. The summed E-state index contributed by atoms with van der Waals surface area (Å²) < 4.78 is 4.97. The Morgan fingerprint density at radius 2 is 1.95 bits per heavy atom. The molecule has 0 saturated carbocycles. The monoisotopic (exact) mass is 323 g/mol. The van der Waals surface area contributed by atoms with E-state index in [-0.39, 0.29) is 5.91 Å². The average Bonchev–Trinajstić information content (AvgIpc) is 2.51. The summed E-state index contributed by atoms with van der Waals surface area (Å²) in [4.78, 5) is 12.2. The third kappa shape index (κ3) is 5.99. The quantitative estimate of drug-likeness (QED) is 0.478. The number of nitrogens with one attached hydrogen (secondary N) is 2. The van der Waals surface area contributed by atoms with Crippen molar-refractivity contribution < 1.29 is 9.53 Å². The maximum absolute atomic E-state index is 12.2. The number of hydrogen-bond acceptors (Lipinski definition) is 3. The van der Waals surface area contributed by atoms with Crippen molar-refractivity contribution in [2.24, 2.45) is 0 Å². The van der Waals surface area contributed by atoms with Gasteiger partial charge in [0.15, 0.2) is 5.11 Å². The lowest BCUT2D eigenvalue weighted by Gasteiger charge is -2.21. The summed E-state index contributed by atoms with van der Waals surface area (Å²) in [6, 6.07) is 7.60. The summed E-state index contributed by atoms with van der Waals surface area (Å²) in [5, 5.41) is 5.05. The first-order valence-electron chi connectivity index (χ1n) is 7.37. The molecular weight excluding hydrogens is 298 g/mol. The second kappa shape index (κ2) is 9.38. The zero-order chi connectivity index (χ0) is 16.5. The minimum Gasteiger partial charge on any atom is -0.385 e. The molecule has 5 nitrogen and oxygen atoms in total. The Morgan fingerprint density at radius 1 is 1.32 bits per heavy atom. The van der Waals surface area contributed by atoms with Crippen LogP contribution in [0.2, 0.25) is 0 Å². The molecule has 6 heteroatoms. The largest absolute Gasteiger partial charge is 0.385 e. The Labute approximate surface area is 138 Å². The van der Waals surface area contributed by atoms with E-state index in [0.29, 0.717) is 29.7 Å². The molecule has 0 atom stereocenters. The van der Waals surface area contributed by atoms with Crippen LogP contribution in [-0.2, 0) is 4.74 Å². The van der Waals surface area contributed by atoms with E-state index < -0.39 is 0 Å². The third-order valence-corrected chi connectivity index (χ3v) is 3.63. The van der Waals surface area contributed by atoms with E-state index in [0.717, 1.165) is 6.42 Å². The first-order valence-corrected chi connectivity index (χ1v) is 7.78. The van der Waals surface area contributed by atoms with Gasteiger partial charge in [-0.2, -0.15) is 0 Å². The molecule has 0 aliphatic carbocycles. The molecule has 0 spiro atoms. The maximum atomic E-state index is 12.2. The van der Waals surface area contributed by atoms with Gasteiger partial charge >= 0.3 is 0 Å². The van der Waals surface area contributed by atoms with Gasteiger partial charge in [-0.3, -0.25) is 15.2 Å². The molecule has 1 amide bonds. The number of carbonyl (C=O) groups excluding carboxylic acids is 1. The number of nitrogens with zero attached hydrogens (tertiary/aromatic N) is 1. The van der Waals surface area contributed by atoms with Gasteiger partial charge in [0.2, 0.25) is 0 Å². The van der Waals surface area contributed by atoms with Gasteiger partial charge in [-0.1, -0.05) is 26.0 Å². The first kappa shape index (κ1) is 18.4. The highest BCUT2D eigenvalue weighted by Crippen LogP contribution is 2.14. The molecule has 1 rings (SSSR count). The van der Waals surface area contributed by atoms with Gasteiger partial charge < -0.3 is 10.1 Å². The SMILES string of the molecule is COCCCNC(=S)N(C)NC(=O)c1ccc(C(C)C)cc1. The Hall–Kier alpha value is -1.66. The zero-order valence-electron chi connectivity index (χ0n) is 13.7. The maximum Gasteiger partial charge on any atom is 0.269 e. The van der Waals surface area contributed by atoms with E-state index >= 15 is 0 Å². The number of amides is 1. The summed E-state index contributed by atoms with van der Waals surface area (Å²) in [6.45, 7) is 5.62. The van der Waals surface area contributed by atoms with Crippen molar-refractivity contribution in [2.75, 3.05) is 27.3 Å². The molecule has 0 fully saturated rings. The summed E-state index contributed by atoms with van der Waals surface area (Å²) in [5.41, 5.74) is 4.56. The predicted molar refractivity (Wildman–Crippen MR) is 92.9 cm³/mol. The van der Waals surface area contributed by atoms with Gasteiger partial charge in [0, 0.05) is 32.9 Å². The number of thiocarbonyl (C=S) groups is 1. The second-order valence-corrected chi connectivity index (χ2v) is 5.74. The van der Waals surface area contributed by atoms with Crippen molar-refractivity contribution in [2.45, 2.75) is 26.2 Å². The normalized spacial score (nSPS) is 10.4. The molecule has 2 N–H and O–H groups in total. The number of carbonyl (C=O) groups is 1. The van der Waals surface area contributed by atoms with Crippen LogP contribution >= 0.6 is 12.2 Å². The number of ether oxygens (including phenoxy) is 1. The van der Waals surface area contributed by atoms with E-state index in [1.54, 1.807) is 14.2 Å². The number of hydrogen-bond donors (Lipinski definition) is 2. The third-order valence-electron chi connectivity index (χ3n) is 3.21. The summed E-state index contributed by atoms with van der Waals surface area (Å²) in [5.74, 6) is 0.266. The molecule has 0 heterocycles. The zero-order valence-corrected chi connectivity index (χ0v) is 14.5. The predicted octanol–water partition coefficient (Wildman–Crippen LogP) is 2.30. The Bertz CT molecular complexity index is 489.